The molecule has 0 radical (unpaired) electrons. The van der Waals surface area contributed by atoms with E-state index >= 15 is 0 Å². The number of nitrogens with zero attached hydrogens (tertiary/aromatic N) is 3. The van der Waals surface area contributed by atoms with Gasteiger partial charge < -0.3 is 15.1 Å². The first-order chi connectivity index (χ1) is 8.53. The molecule has 0 saturated carbocycles. The fraction of sp³-hybridized carbons (Fsp3) is 0.273. The van der Waals surface area contributed by atoms with E-state index < -0.39 is 6.10 Å². The predicted molar refractivity (Wildman–Crippen MR) is 82.3 cm³/mol. The maximum atomic E-state index is 9.38. The van der Waals surface area contributed by atoms with Crippen LogP contribution in [0.1, 0.15) is 0 Å². The lowest BCUT2D eigenvalue weighted by Gasteiger charge is -2.24. The molecule has 0 saturated heterocycles. The van der Waals surface area contributed by atoms with Crippen LogP contribution in [-0.2, 0) is 0 Å². The molecule has 1 unspecified atom stereocenters. The van der Waals surface area contributed by atoms with Crippen LogP contribution in [0.3, 0.4) is 0 Å². The summed E-state index contributed by atoms with van der Waals surface area (Å²) in [7, 11) is 0. The van der Waals surface area contributed by atoms with E-state index in [0.29, 0.717) is 5.57 Å². The van der Waals surface area contributed by atoms with Crippen LogP contribution < -0.4 is 0 Å². The van der Waals surface area contributed by atoms with Crippen molar-refractivity contribution in [1.82, 2.24) is 4.90 Å². The molecule has 0 amide bonds. The third kappa shape index (κ3) is 3.68. The average Bonchev–Trinajstić information content (AvgIpc) is 2.33. The topological polar surface area (TPSA) is 91.3 Å². The van der Waals surface area contributed by atoms with Gasteiger partial charge in [0.15, 0.2) is 0 Å². The number of hydrogen-bond acceptors (Lipinski definition) is 5. The standard InChI is InChI=1S/C11H9I2N3O2/c12-9-4-16(3-8(18)6-17)5-10(13)11(9)7(1-14)2-15/h4-5,8,17-18H,3,6H2. The molecular formula is C11H9I2N3O2. The maximum absolute atomic E-state index is 9.38. The number of β-amino-alcohol motifs (C(OH)–C–C–N with tert-alkyl or cyclic N) is 1. The van der Waals surface area contributed by atoms with Gasteiger partial charge in [0, 0.05) is 25.1 Å². The van der Waals surface area contributed by atoms with Crippen molar-refractivity contribution in [3.8, 4) is 12.1 Å². The highest BCUT2D eigenvalue weighted by atomic mass is 127. The molecule has 7 heteroatoms. The zero-order chi connectivity index (χ0) is 13.7. The summed E-state index contributed by atoms with van der Waals surface area (Å²) in [6, 6.07) is 3.74. The molecule has 1 heterocycles. The van der Waals surface area contributed by atoms with Crippen molar-refractivity contribution in [1.29, 1.82) is 10.5 Å². The van der Waals surface area contributed by atoms with Crippen LogP contribution >= 0.6 is 45.2 Å². The van der Waals surface area contributed by atoms with Crippen LogP contribution in [0.25, 0.3) is 0 Å². The van der Waals surface area contributed by atoms with E-state index in [4.69, 9.17) is 15.6 Å². The molecule has 94 valence electrons. The summed E-state index contributed by atoms with van der Waals surface area (Å²) in [6.45, 7) is -0.0487. The monoisotopic (exact) mass is 469 g/mol. The van der Waals surface area contributed by atoms with Crippen LogP contribution in [0.15, 0.2) is 30.7 Å². The zero-order valence-corrected chi connectivity index (χ0v) is 13.5. The van der Waals surface area contributed by atoms with Crippen molar-refractivity contribution < 1.29 is 10.2 Å². The number of aliphatic hydroxyl groups is 2. The van der Waals surface area contributed by atoms with Gasteiger partial charge in [-0.3, -0.25) is 0 Å². The summed E-state index contributed by atoms with van der Waals surface area (Å²) in [5, 5.41) is 35.9. The van der Waals surface area contributed by atoms with E-state index in [0.717, 1.165) is 7.16 Å². The minimum absolute atomic E-state index is 0.0682. The number of allylic oxidation sites excluding steroid dienone is 4. The maximum Gasteiger partial charge on any atom is 0.139 e. The molecule has 1 aliphatic heterocycles. The summed E-state index contributed by atoms with van der Waals surface area (Å²) >= 11 is 4.08. The average molecular weight is 469 g/mol. The van der Waals surface area contributed by atoms with Crippen molar-refractivity contribution in [2.24, 2.45) is 0 Å². The van der Waals surface area contributed by atoms with E-state index in [1.165, 1.54) is 0 Å². The highest BCUT2D eigenvalue weighted by Gasteiger charge is 2.20. The van der Waals surface area contributed by atoms with Crippen molar-refractivity contribution in [3.05, 3.63) is 30.7 Å². The number of rotatable bonds is 3. The van der Waals surface area contributed by atoms with Gasteiger partial charge in [-0.25, -0.2) is 0 Å². The predicted octanol–water partition coefficient (Wildman–Crippen LogP) is 1.55. The van der Waals surface area contributed by atoms with Crippen LogP contribution in [0, 0.1) is 22.7 Å². The quantitative estimate of drug-likeness (QED) is 0.484. The van der Waals surface area contributed by atoms with Crippen LogP contribution in [-0.4, -0.2) is 34.4 Å². The molecule has 1 rings (SSSR count). The Morgan fingerprint density at radius 3 is 2.17 bits per heavy atom. The smallest absolute Gasteiger partial charge is 0.139 e. The lowest BCUT2D eigenvalue weighted by atomic mass is 10.1. The largest absolute Gasteiger partial charge is 0.394 e. The first-order valence-electron chi connectivity index (χ1n) is 4.88. The van der Waals surface area contributed by atoms with Gasteiger partial charge in [-0.15, -0.1) is 0 Å². The first-order valence-corrected chi connectivity index (χ1v) is 7.03. The second-order valence-corrected chi connectivity index (χ2v) is 5.79. The molecule has 0 aromatic carbocycles. The van der Waals surface area contributed by atoms with E-state index in [1.54, 1.807) is 17.3 Å². The van der Waals surface area contributed by atoms with Crippen molar-refractivity contribution in [2.45, 2.75) is 6.10 Å². The van der Waals surface area contributed by atoms with Gasteiger partial charge in [0.25, 0.3) is 0 Å². The SMILES string of the molecule is N#CC(C#N)=C1C(I)=CN(CC(O)CO)C=C1I. The molecule has 1 atom stereocenters. The molecular weight excluding hydrogens is 460 g/mol. The molecule has 18 heavy (non-hydrogen) atoms. The van der Waals surface area contributed by atoms with Crippen LogP contribution in [0.4, 0.5) is 0 Å². The molecule has 0 fully saturated rings. The molecule has 0 aromatic rings. The molecule has 1 aliphatic rings. The molecule has 0 spiro atoms. The van der Waals surface area contributed by atoms with Crippen molar-refractivity contribution in [3.63, 3.8) is 0 Å². The Labute approximate surface area is 132 Å². The van der Waals surface area contributed by atoms with Gasteiger partial charge in [-0.05, 0) is 45.2 Å². The molecule has 0 aliphatic carbocycles. The number of halogens is 2. The molecule has 0 bridgehead atoms. The lowest BCUT2D eigenvalue weighted by molar-refractivity contribution is 0.0802. The summed E-state index contributed by atoms with van der Waals surface area (Å²) in [5.41, 5.74) is 0.676. The fourth-order valence-electron chi connectivity index (χ4n) is 1.35. The molecule has 0 aromatic heterocycles. The summed E-state index contributed by atoms with van der Waals surface area (Å²) in [5.74, 6) is 0. The Balaban J connectivity index is 3.06. The minimum Gasteiger partial charge on any atom is -0.394 e. The Bertz CT molecular complexity index is 473. The normalized spacial score (nSPS) is 16.3. The third-order valence-corrected chi connectivity index (χ3v) is 3.78. The van der Waals surface area contributed by atoms with E-state index in [9.17, 15) is 5.11 Å². The Morgan fingerprint density at radius 1 is 1.28 bits per heavy atom. The highest BCUT2D eigenvalue weighted by molar-refractivity contribution is 14.1. The zero-order valence-electron chi connectivity index (χ0n) is 9.14. The Morgan fingerprint density at radius 2 is 1.78 bits per heavy atom. The summed E-state index contributed by atoms with van der Waals surface area (Å²) in [4.78, 5) is 1.72. The van der Waals surface area contributed by atoms with Gasteiger partial charge in [-0.1, -0.05) is 0 Å². The number of nitriles is 2. The van der Waals surface area contributed by atoms with Gasteiger partial charge in [0.1, 0.15) is 17.7 Å². The molecule has 5 nitrogen and oxygen atoms in total. The van der Waals surface area contributed by atoms with Crippen molar-refractivity contribution >= 4 is 45.2 Å². The highest BCUT2D eigenvalue weighted by Crippen LogP contribution is 2.35. The fourth-order valence-corrected chi connectivity index (χ4v) is 3.71. The minimum atomic E-state index is -0.831. The van der Waals surface area contributed by atoms with Gasteiger partial charge >= 0.3 is 0 Å². The number of aliphatic hydroxyl groups excluding tert-OH is 2. The lowest BCUT2D eigenvalue weighted by Crippen LogP contribution is -2.28. The molecule has 2 N–H and O–H groups in total. The first kappa shape index (κ1) is 15.4. The van der Waals surface area contributed by atoms with E-state index in [1.807, 2.05) is 57.3 Å². The number of hydrogen-bond donors (Lipinski definition) is 2. The second-order valence-electron chi connectivity index (χ2n) is 3.46. The van der Waals surface area contributed by atoms with E-state index in [2.05, 4.69) is 0 Å². The third-order valence-electron chi connectivity index (χ3n) is 2.14. The Kier molecular flexibility index (Phi) is 6.08. The second kappa shape index (κ2) is 7.09. The summed E-state index contributed by atoms with van der Waals surface area (Å²) < 4.78 is 1.51. The Hall–Kier alpha value is -0.620. The van der Waals surface area contributed by atoms with Crippen LogP contribution in [0.5, 0.6) is 0 Å². The van der Waals surface area contributed by atoms with Crippen LogP contribution in [0.2, 0.25) is 0 Å². The summed E-state index contributed by atoms with van der Waals surface area (Å²) in [6.07, 6.45) is 2.62. The van der Waals surface area contributed by atoms with Crippen molar-refractivity contribution in [2.75, 3.05) is 13.2 Å². The van der Waals surface area contributed by atoms with Gasteiger partial charge in [0.05, 0.1) is 19.3 Å². The van der Waals surface area contributed by atoms with E-state index in [-0.39, 0.29) is 18.7 Å². The van der Waals surface area contributed by atoms with Gasteiger partial charge in [0.2, 0.25) is 0 Å². The van der Waals surface area contributed by atoms with Gasteiger partial charge in [-0.2, -0.15) is 10.5 Å².